The number of nitriles is 1. The molecule has 0 aliphatic carbocycles. The monoisotopic (exact) mass is 320 g/mol. The maximum Gasteiger partial charge on any atom is 0.262 e. The van der Waals surface area contributed by atoms with E-state index in [9.17, 15) is 10.1 Å². The van der Waals surface area contributed by atoms with Gasteiger partial charge in [0, 0.05) is 6.54 Å². The van der Waals surface area contributed by atoms with Crippen molar-refractivity contribution in [2.45, 2.75) is 6.54 Å². The molecule has 2 aromatic carbocycles. The summed E-state index contributed by atoms with van der Waals surface area (Å²) in [5.74, 6) is 0.888. The van der Waals surface area contributed by atoms with Gasteiger partial charge in [0.2, 0.25) is 0 Å². The molecular formula is C19H16N2O3. The molecule has 0 fully saturated rings. The normalized spacial score (nSPS) is 13.0. The van der Waals surface area contributed by atoms with E-state index in [4.69, 9.17) is 9.47 Å². The number of carbonyl (C=O) groups excluding carboxylic acids is 1. The van der Waals surface area contributed by atoms with E-state index in [2.05, 4.69) is 5.32 Å². The number of benzene rings is 2. The van der Waals surface area contributed by atoms with E-state index >= 15 is 0 Å². The molecule has 5 heteroatoms. The van der Waals surface area contributed by atoms with Crippen LogP contribution in [0.5, 0.6) is 11.5 Å². The highest BCUT2D eigenvalue weighted by molar-refractivity contribution is 6.01. The fraction of sp³-hybridized carbons (Fsp3) is 0.158. The van der Waals surface area contributed by atoms with Crippen molar-refractivity contribution in [3.05, 3.63) is 65.2 Å². The van der Waals surface area contributed by atoms with Crippen LogP contribution in [0.1, 0.15) is 11.1 Å². The van der Waals surface area contributed by atoms with Crippen LogP contribution >= 0.6 is 0 Å². The van der Waals surface area contributed by atoms with Crippen molar-refractivity contribution in [1.82, 2.24) is 5.32 Å². The predicted molar refractivity (Wildman–Crippen MR) is 89.3 cm³/mol. The molecule has 0 aromatic heterocycles. The molecule has 24 heavy (non-hydrogen) atoms. The highest BCUT2D eigenvalue weighted by atomic mass is 16.6. The van der Waals surface area contributed by atoms with Crippen molar-refractivity contribution in [2.24, 2.45) is 0 Å². The molecule has 0 bridgehead atoms. The summed E-state index contributed by atoms with van der Waals surface area (Å²) < 4.78 is 11.0. The van der Waals surface area contributed by atoms with E-state index in [-0.39, 0.29) is 5.57 Å². The van der Waals surface area contributed by atoms with Gasteiger partial charge in [0.05, 0.1) is 0 Å². The topological polar surface area (TPSA) is 71.3 Å². The standard InChI is InChI=1S/C19H16N2O3/c20-12-16(19(22)21-13-14-4-2-1-3-5-14)10-15-6-7-17-18(11-15)24-9-8-23-17/h1-7,10-11H,8-9,13H2,(H,21,22)/b16-10-. The molecule has 0 atom stereocenters. The summed E-state index contributed by atoms with van der Waals surface area (Å²) in [6.07, 6.45) is 1.54. The largest absolute Gasteiger partial charge is 0.486 e. The van der Waals surface area contributed by atoms with Gasteiger partial charge in [-0.15, -0.1) is 0 Å². The van der Waals surface area contributed by atoms with Crippen LogP contribution in [0.25, 0.3) is 6.08 Å². The zero-order valence-electron chi connectivity index (χ0n) is 13.0. The van der Waals surface area contributed by atoms with Gasteiger partial charge >= 0.3 is 0 Å². The smallest absolute Gasteiger partial charge is 0.262 e. The molecular weight excluding hydrogens is 304 g/mol. The Morgan fingerprint density at radius 2 is 1.88 bits per heavy atom. The highest BCUT2D eigenvalue weighted by Crippen LogP contribution is 2.31. The van der Waals surface area contributed by atoms with Gasteiger partial charge in [-0.25, -0.2) is 0 Å². The number of hydrogen-bond acceptors (Lipinski definition) is 4. The van der Waals surface area contributed by atoms with Crippen LogP contribution in [0, 0.1) is 11.3 Å². The fourth-order valence-corrected chi connectivity index (χ4v) is 2.34. The number of fused-ring (bicyclic) bond motifs is 1. The summed E-state index contributed by atoms with van der Waals surface area (Å²) in [5.41, 5.74) is 1.73. The first kappa shape index (κ1) is 15.6. The van der Waals surface area contributed by atoms with Gasteiger partial charge in [-0.1, -0.05) is 36.4 Å². The van der Waals surface area contributed by atoms with Crippen molar-refractivity contribution in [3.63, 3.8) is 0 Å². The van der Waals surface area contributed by atoms with Crippen LogP contribution in [-0.4, -0.2) is 19.1 Å². The van der Waals surface area contributed by atoms with Crippen LogP contribution in [0.3, 0.4) is 0 Å². The summed E-state index contributed by atoms with van der Waals surface area (Å²) >= 11 is 0. The molecule has 0 unspecified atom stereocenters. The van der Waals surface area contributed by atoms with E-state index in [1.807, 2.05) is 36.4 Å². The molecule has 0 saturated heterocycles. The van der Waals surface area contributed by atoms with E-state index in [1.165, 1.54) is 0 Å². The van der Waals surface area contributed by atoms with Crippen LogP contribution in [-0.2, 0) is 11.3 Å². The quantitative estimate of drug-likeness (QED) is 0.694. The number of nitrogens with zero attached hydrogens (tertiary/aromatic N) is 1. The molecule has 3 rings (SSSR count). The van der Waals surface area contributed by atoms with Crippen molar-refractivity contribution in [1.29, 1.82) is 5.26 Å². The Balaban J connectivity index is 1.72. The van der Waals surface area contributed by atoms with Gasteiger partial charge in [0.15, 0.2) is 11.5 Å². The Kier molecular flexibility index (Phi) is 4.78. The average molecular weight is 320 g/mol. The number of nitrogens with one attached hydrogen (secondary N) is 1. The second-order valence-corrected chi connectivity index (χ2v) is 5.24. The van der Waals surface area contributed by atoms with Crippen molar-refractivity contribution < 1.29 is 14.3 Å². The third kappa shape index (κ3) is 3.73. The zero-order valence-corrected chi connectivity index (χ0v) is 13.0. The Morgan fingerprint density at radius 3 is 2.62 bits per heavy atom. The summed E-state index contributed by atoms with van der Waals surface area (Å²) in [7, 11) is 0. The van der Waals surface area contributed by atoms with E-state index in [0.717, 1.165) is 5.56 Å². The summed E-state index contributed by atoms with van der Waals surface area (Å²) in [4.78, 5) is 12.2. The third-order valence-electron chi connectivity index (χ3n) is 3.54. The van der Waals surface area contributed by atoms with Crippen molar-refractivity contribution in [3.8, 4) is 17.6 Å². The second kappa shape index (κ2) is 7.34. The molecule has 2 aromatic rings. The number of hydrogen-bond donors (Lipinski definition) is 1. The first-order valence-electron chi connectivity index (χ1n) is 7.60. The van der Waals surface area contributed by atoms with Gasteiger partial charge in [-0.05, 0) is 29.3 Å². The lowest BCUT2D eigenvalue weighted by molar-refractivity contribution is -0.117. The lowest BCUT2D eigenvalue weighted by atomic mass is 10.1. The number of rotatable bonds is 4. The fourth-order valence-electron chi connectivity index (χ4n) is 2.34. The van der Waals surface area contributed by atoms with Crippen molar-refractivity contribution in [2.75, 3.05) is 13.2 Å². The van der Waals surface area contributed by atoms with Crippen LogP contribution in [0.15, 0.2) is 54.1 Å². The minimum absolute atomic E-state index is 0.0441. The maximum atomic E-state index is 12.2. The van der Waals surface area contributed by atoms with Crippen LogP contribution in [0.4, 0.5) is 0 Å². The van der Waals surface area contributed by atoms with Gasteiger partial charge in [0.25, 0.3) is 5.91 Å². The highest BCUT2D eigenvalue weighted by Gasteiger charge is 2.13. The number of ether oxygens (including phenoxy) is 2. The molecule has 0 spiro atoms. The maximum absolute atomic E-state index is 12.2. The Morgan fingerprint density at radius 1 is 1.12 bits per heavy atom. The second-order valence-electron chi connectivity index (χ2n) is 5.24. The molecule has 5 nitrogen and oxygen atoms in total. The first-order chi connectivity index (χ1) is 11.8. The summed E-state index contributed by atoms with van der Waals surface area (Å²) in [6.45, 7) is 1.39. The zero-order chi connectivity index (χ0) is 16.8. The Labute approximate surface area is 140 Å². The molecule has 120 valence electrons. The lowest BCUT2D eigenvalue weighted by Crippen LogP contribution is -2.23. The minimum Gasteiger partial charge on any atom is -0.486 e. The van der Waals surface area contributed by atoms with Gasteiger partial charge in [0.1, 0.15) is 24.9 Å². The molecule has 1 N–H and O–H groups in total. The lowest BCUT2D eigenvalue weighted by Gasteiger charge is -2.18. The molecule has 1 aliphatic rings. The minimum atomic E-state index is -0.406. The molecule has 1 aliphatic heterocycles. The Hall–Kier alpha value is -3.26. The summed E-state index contributed by atoms with van der Waals surface area (Å²) in [5, 5.41) is 12.0. The number of amides is 1. The van der Waals surface area contributed by atoms with Gasteiger partial charge in [-0.3, -0.25) is 4.79 Å². The average Bonchev–Trinajstić information content (AvgIpc) is 2.65. The SMILES string of the molecule is N#C/C(=C/c1ccc2c(c1)OCCO2)C(=O)NCc1ccccc1. The molecule has 0 saturated carbocycles. The van der Waals surface area contributed by atoms with Gasteiger partial charge < -0.3 is 14.8 Å². The third-order valence-corrected chi connectivity index (χ3v) is 3.54. The molecule has 1 amide bonds. The predicted octanol–water partition coefficient (Wildman–Crippen LogP) is 2.68. The van der Waals surface area contributed by atoms with E-state index in [1.54, 1.807) is 24.3 Å². The van der Waals surface area contributed by atoms with Crippen LogP contribution < -0.4 is 14.8 Å². The Bertz CT molecular complexity index is 807. The van der Waals surface area contributed by atoms with Gasteiger partial charge in [-0.2, -0.15) is 5.26 Å². The van der Waals surface area contributed by atoms with Crippen molar-refractivity contribution >= 4 is 12.0 Å². The summed E-state index contributed by atoms with van der Waals surface area (Å²) in [6, 6.07) is 16.8. The van der Waals surface area contributed by atoms with E-state index in [0.29, 0.717) is 36.8 Å². The first-order valence-corrected chi connectivity index (χ1v) is 7.60. The number of carbonyl (C=O) groups is 1. The molecule has 0 radical (unpaired) electrons. The van der Waals surface area contributed by atoms with E-state index < -0.39 is 5.91 Å². The van der Waals surface area contributed by atoms with Crippen LogP contribution in [0.2, 0.25) is 0 Å². The molecule has 1 heterocycles.